The Kier molecular flexibility index (Phi) is 3.48. The fourth-order valence-electron chi connectivity index (χ4n) is 2.81. The molecule has 3 rings (SSSR count). The van der Waals surface area contributed by atoms with Crippen LogP contribution in [-0.2, 0) is 0 Å². The van der Waals surface area contributed by atoms with Crippen molar-refractivity contribution in [3.05, 3.63) is 53.0 Å². The van der Waals surface area contributed by atoms with Crippen molar-refractivity contribution in [2.75, 3.05) is 7.05 Å². The molecule has 0 aliphatic rings. The van der Waals surface area contributed by atoms with Gasteiger partial charge in [0.2, 0.25) is 0 Å². The first-order valence-electron chi connectivity index (χ1n) is 7.26. The molecule has 1 aromatic carbocycles. The molecule has 0 aliphatic heterocycles. The number of hydrogen-bond donors (Lipinski definition) is 1. The van der Waals surface area contributed by atoms with E-state index in [1.807, 2.05) is 45.0 Å². The molecule has 1 amide bonds. The van der Waals surface area contributed by atoms with Gasteiger partial charge in [0, 0.05) is 23.7 Å². The predicted molar refractivity (Wildman–Crippen MR) is 84.8 cm³/mol. The molecule has 0 saturated heterocycles. The normalized spacial score (nSPS) is 12.5. The Hall–Kier alpha value is -2.56. The van der Waals surface area contributed by atoms with Crippen LogP contribution in [0.25, 0.3) is 11.0 Å². The van der Waals surface area contributed by atoms with Gasteiger partial charge in [-0.25, -0.2) is 0 Å². The molecule has 0 radical (unpaired) electrons. The molecular weight excluding hydrogens is 278 g/mol. The highest BCUT2D eigenvalue weighted by Crippen LogP contribution is 2.27. The summed E-state index contributed by atoms with van der Waals surface area (Å²) in [5.41, 5.74) is 3.66. The summed E-state index contributed by atoms with van der Waals surface area (Å²) in [5, 5.41) is 8.09. The number of furan rings is 1. The molecule has 0 unspecified atom stereocenters. The van der Waals surface area contributed by atoms with Crippen molar-refractivity contribution in [3.63, 3.8) is 0 Å². The number of carbonyl (C=O) groups is 1. The first-order valence-corrected chi connectivity index (χ1v) is 7.26. The summed E-state index contributed by atoms with van der Waals surface area (Å²) < 4.78 is 5.66. The number of aryl methyl sites for hydroxylation is 2. The van der Waals surface area contributed by atoms with Crippen LogP contribution in [-0.4, -0.2) is 28.1 Å². The van der Waals surface area contributed by atoms with Gasteiger partial charge in [-0.1, -0.05) is 18.2 Å². The molecule has 5 nitrogen and oxygen atoms in total. The Balaban J connectivity index is 1.91. The number of hydrogen-bond acceptors (Lipinski definition) is 3. The van der Waals surface area contributed by atoms with Crippen LogP contribution in [0.1, 0.15) is 40.5 Å². The van der Waals surface area contributed by atoms with E-state index in [9.17, 15) is 4.79 Å². The van der Waals surface area contributed by atoms with Crippen LogP contribution in [0.15, 0.2) is 34.7 Å². The van der Waals surface area contributed by atoms with Gasteiger partial charge in [0.1, 0.15) is 5.58 Å². The minimum absolute atomic E-state index is 0.0838. The van der Waals surface area contributed by atoms with E-state index in [4.69, 9.17) is 4.42 Å². The highest BCUT2D eigenvalue weighted by molar-refractivity contribution is 5.96. The van der Waals surface area contributed by atoms with Crippen LogP contribution in [0, 0.1) is 13.8 Å². The Morgan fingerprint density at radius 2 is 2.05 bits per heavy atom. The second kappa shape index (κ2) is 5.33. The summed E-state index contributed by atoms with van der Waals surface area (Å²) in [6.45, 7) is 5.89. The van der Waals surface area contributed by atoms with E-state index in [2.05, 4.69) is 10.2 Å². The van der Waals surface area contributed by atoms with Crippen molar-refractivity contribution in [2.45, 2.75) is 26.8 Å². The van der Waals surface area contributed by atoms with Crippen LogP contribution in [0.4, 0.5) is 0 Å². The largest absolute Gasteiger partial charge is 0.451 e. The van der Waals surface area contributed by atoms with Crippen molar-refractivity contribution in [2.24, 2.45) is 0 Å². The second-order valence-electron chi connectivity index (χ2n) is 5.59. The average Bonchev–Trinajstić information content (AvgIpc) is 3.08. The number of aromatic nitrogens is 2. The number of fused-ring (bicyclic) bond motifs is 1. The van der Waals surface area contributed by atoms with E-state index in [0.29, 0.717) is 5.76 Å². The third-order valence-corrected chi connectivity index (χ3v) is 4.14. The third-order valence-electron chi connectivity index (χ3n) is 4.14. The maximum Gasteiger partial charge on any atom is 0.289 e. The molecule has 0 fully saturated rings. The summed E-state index contributed by atoms with van der Waals surface area (Å²) in [5.74, 6) is 0.220. The van der Waals surface area contributed by atoms with Crippen molar-refractivity contribution >= 4 is 16.9 Å². The summed E-state index contributed by atoms with van der Waals surface area (Å²) in [6.07, 6.45) is 0. The standard InChI is InChI=1S/C17H19N3O2/c1-10-16(11(2)19-18-10)12(3)20(4)17(21)15-9-13-7-5-6-8-14(13)22-15/h5-9,12H,1-4H3,(H,18,19)/t12-/m0/s1. The van der Waals surface area contributed by atoms with E-state index < -0.39 is 0 Å². The van der Waals surface area contributed by atoms with Crippen molar-refractivity contribution < 1.29 is 9.21 Å². The molecule has 1 atom stereocenters. The van der Waals surface area contributed by atoms with Gasteiger partial charge in [-0.3, -0.25) is 9.89 Å². The number of aromatic amines is 1. The molecule has 3 aromatic rings. The molecule has 0 bridgehead atoms. The lowest BCUT2D eigenvalue weighted by Gasteiger charge is -2.24. The van der Waals surface area contributed by atoms with Crippen molar-refractivity contribution in [1.29, 1.82) is 0 Å². The van der Waals surface area contributed by atoms with Gasteiger partial charge in [0.05, 0.1) is 11.7 Å². The molecule has 0 saturated carbocycles. The predicted octanol–water partition coefficient (Wildman–Crippen LogP) is 3.61. The topological polar surface area (TPSA) is 62.1 Å². The van der Waals surface area contributed by atoms with E-state index in [0.717, 1.165) is 27.9 Å². The van der Waals surface area contributed by atoms with Crippen LogP contribution >= 0.6 is 0 Å². The summed E-state index contributed by atoms with van der Waals surface area (Å²) >= 11 is 0. The van der Waals surface area contributed by atoms with Gasteiger partial charge in [-0.05, 0) is 32.9 Å². The van der Waals surface area contributed by atoms with Gasteiger partial charge in [-0.15, -0.1) is 0 Å². The third kappa shape index (κ3) is 2.28. The van der Waals surface area contributed by atoms with Gasteiger partial charge < -0.3 is 9.32 Å². The van der Waals surface area contributed by atoms with E-state index in [-0.39, 0.29) is 11.9 Å². The zero-order valence-electron chi connectivity index (χ0n) is 13.2. The number of nitrogens with zero attached hydrogens (tertiary/aromatic N) is 2. The number of amides is 1. The maximum absolute atomic E-state index is 12.7. The lowest BCUT2D eigenvalue weighted by Crippen LogP contribution is -2.29. The zero-order chi connectivity index (χ0) is 15.9. The van der Waals surface area contributed by atoms with Gasteiger partial charge in [0.15, 0.2) is 5.76 Å². The molecule has 5 heteroatoms. The highest BCUT2D eigenvalue weighted by Gasteiger charge is 2.25. The number of para-hydroxylation sites is 1. The molecule has 0 spiro atoms. The molecular formula is C17H19N3O2. The minimum Gasteiger partial charge on any atom is -0.451 e. The molecule has 114 valence electrons. The average molecular weight is 297 g/mol. The minimum atomic E-state index is -0.135. The Morgan fingerprint density at radius 3 is 2.68 bits per heavy atom. The Labute approximate surface area is 128 Å². The van der Waals surface area contributed by atoms with Crippen LogP contribution in [0.5, 0.6) is 0 Å². The monoisotopic (exact) mass is 297 g/mol. The van der Waals surface area contributed by atoms with Gasteiger partial charge in [-0.2, -0.15) is 5.10 Å². The quantitative estimate of drug-likeness (QED) is 0.803. The molecule has 2 heterocycles. The SMILES string of the molecule is Cc1n[nH]c(C)c1[C@H](C)N(C)C(=O)c1cc2ccccc2o1. The van der Waals surface area contributed by atoms with Crippen LogP contribution in [0.2, 0.25) is 0 Å². The number of rotatable bonds is 3. The van der Waals surface area contributed by atoms with Crippen molar-refractivity contribution in [1.82, 2.24) is 15.1 Å². The van der Waals surface area contributed by atoms with E-state index in [1.165, 1.54) is 0 Å². The molecule has 2 aromatic heterocycles. The summed E-state index contributed by atoms with van der Waals surface area (Å²) in [6, 6.07) is 9.32. The van der Waals surface area contributed by atoms with Gasteiger partial charge in [0.25, 0.3) is 5.91 Å². The number of H-pyrrole nitrogens is 1. The van der Waals surface area contributed by atoms with Gasteiger partial charge >= 0.3 is 0 Å². The summed E-state index contributed by atoms with van der Waals surface area (Å²) in [7, 11) is 1.78. The van der Waals surface area contributed by atoms with E-state index in [1.54, 1.807) is 18.0 Å². The van der Waals surface area contributed by atoms with E-state index >= 15 is 0 Å². The number of benzene rings is 1. The molecule has 0 aliphatic carbocycles. The molecule has 22 heavy (non-hydrogen) atoms. The number of carbonyl (C=O) groups excluding carboxylic acids is 1. The smallest absolute Gasteiger partial charge is 0.289 e. The molecule has 1 N–H and O–H groups in total. The second-order valence-corrected chi connectivity index (χ2v) is 5.59. The van der Waals surface area contributed by atoms with Crippen LogP contribution in [0.3, 0.4) is 0 Å². The van der Waals surface area contributed by atoms with Crippen molar-refractivity contribution in [3.8, 4) is 0 Å². The summed E-state index contributed by atoms with van der Waals surface area (Å²) in [4.78, 5) is 14.4. The van der Waals surface area contributed by atoms with Crippen LogP contribution < -0.4 is 0 Å². The lowest BCUT2D eigenvalue weighted by atomic mass is 10.1. The fraction of sp³-hybridized carbons (Fsp3) is 0.294. The highest BCUT2D eigenvalue weighted by atomic mass is 16.3. The Bertz CT molecular complexity index is 779. The first-order chi connectivity index (χ1) is 10.5. The Morgan fingerprint density at radius 1 is 1.32 bits per heavy atom. The maximum atomic E-state index is 12.7. The fourth-order valence-corrected chi connectivity index (χ4v) is 2.81. The zero-order valence-corrected chi connectivity index (χ0v) is 13.2. The number of nitrogens with one attached hydrogen (secondary N) is 1. The first kappa shape index (κ1) is 14.4. The lowest BCUT2D eigenvalue weighted by molar-refractivity contribution is 0.0712.